The second-order valence-corrected chi connectivity index (χ2v) is 6.77. The fourth-order valence-corrected chi connectivity index (χ4v) is 3.00. The average molecular weight is 318 g/mol. The van der Waals surface area contributed by atoms with Gasteiger partial charge in [-0.2, -0.15) is 0 Å². The summed E-state index contributed by atoms with van der Waals surface area (Å²) < 4.78 is 5.18. The molecular formula is C19H30N2O2. The topological polar surface area (TPSA) is 32.8 Å². The maximum atomic E-state index is 12.1. The van der Waals surface area contributed by atoms with Crippen molar-refractivity contribution in [2.45, 2.75) is 33.1 Å². The highest BCUT2D eigenvalue weighted by molar-refractivity contribution is 5.76. The van der Waals surface area contributed by atoms with Gasteiger partial charge in [-0.05, 0) is 43.0 Å². The normalized spacial score (nSPS) is 15.9. The maximum absolute atomic E-state index is 12.1. The molecule has 1 amide bonds. The lowest BCUT2D eigenvalue weighted by Crippen LogP contribution is -2.49. The molecule has 0 aromatic heterocycles. The Bertz CT molecular complexity index is 477. The zero-order valence-corrected chi connectivity index (χ0v) is 14.8. The molecular weight excluding hydrogens is 288 g/mol. The summed E-state index contributed by atoms with van der Waals surface area (Å²) >= 11 is 0. The minimum atomic E-state index is 0.317. The molecule has 0 atom stereocenters. The summed E-state index contributed by atoms with van der Waals surface area (Å²) in [5.41, 5.74) is 1.36. The van der Waals surface area contributed by atoms with Gasteiger partial charge in [0.15, 0.2) is 0 Å². The van der Waals surface area contributed by atoms with E-state index in [0.717, 1.165) is 51.3 Å². The standard InChI is InChI=1S/C19H30N2O2/c1-16(2)15-19(22)21-13-11-20(12-14-21)10-4-5-17-6-8-18(23-3)9-7-17/h6-9,16H,4-5,10-15H2,1-3H3. The molecule has 1 aliphatic heterocycles. The van der Waals surface area contributed by atoms with Gasteiger partial charge >= 0.3 is 0 Å². The highest BCUT2D eigenvalue weighted by Crippen LogP contribution is 2.13. The van der Waals surface area contributed by atoms with E-state index in [0.29, 0.717) is 18.2 Å². The Balaban J connectivity index is 1.65. The molecule has 1 aliphatic rings. The Hall–Kier alpha value is -1.55. The molecule has 1 fully saturated rings. The van der Waals surface area contributed by atoms with Crippen LogP contribution in [0.15, 0.2) is 24.3 Å². The van der Waals surface area contributed by atoms with Crippen LogP contribution in [0.25, 0.3) is 0 Å². The van der Waals surface area contributed by atoms with Crippen molar-refractivity contribution in [3.63, 3.8) is 0 Å². The van der Waals surface area contributed by atoms with Crippen LogP contribution in [0, 0.1) is 5.92 Å². The molecule has 128 valence electrons. The van der Waals surface area contributed by atoms with Gasteiger partial charge < -0.3 is 9.64 Å². The lowest BCUT2D eigenvalue weighted by atomic mass is 10.1. The van der Waals surface area contributed by atoms with E-state index in [1.807, 2.05) is 17.0 Å². The van der Waals surface area contributed by atoms with Gasteiger partial charge in [-0.1, -0.05) is 26.0 Å². The molecule has 0 saturated carbocycles. The number of hydrogen-bond acceptors (Lipinski definition) is 3. The summed E-state index contributed by atoms with van der Waals surface area (Å²) in [5, 5.41) is 0. The van der Waals surface area contributed by atoms with Crippen LogP contribution >= 0.6 is 0 Å². The zero-order valence-electron chi connectivity index (χ0n) is 14.8. The van der Waals surface area contributed by atoms with Crippen molar-refractivity contribution in [2.75, 3.05) is 39.8 Å². The van der Waals surface area contributed by atoms with Crippen molar-refractivity contribution in [1.29, 1.82) is 0 Å². The number of ether oxygens (including phenoxy) is 1. The highest BCUT2D eigenvalue weighted by atomic mass is 16.5. The molecule has 0 spiro atoms. The zero-order chi connectivity index (χ0) is 16.7. The van der Waals surface area contributed by atoms with Gasteiger partial charge in [-0.15, -0.1) is 0 Å². The minimum absolute atomic E-state index is 0.317. The van der Waals surface area contributed by atoms with Gasteiger partial charge in [0, 0.05) is 32.6 Å². The minimum Gasteiger partial charge on any atom is -0.497 e. The lowest BCUT2D eigenvalue weighted by Gasteiger charge is -2.35. The van der Waals surface area contributed by atoms with E-state index in [2.05, 4.69) is 30.9 Å². The molecule has 2 rings (SSSR count). The first kappa shape index (κ1) is 17.8. The van der Waals surface area contributed by atoms with Gasteiger partial charge in [0.2, 0.25) is 5.91 Å². The van der Waals surface area contributed by atoms with Crippen molar-refractivity contribution in [2.24, 2.45) is 5.92 Å². The fourth-order valence-electron chi connectivity index (χ4n) is 3.00. The largest absolute Gasteiger partial charge is 0.497 e. The predicted molar refractivity (Wildman–Crippen MR) is 93.8 cm³/mol. The second-order valence-electron chi connectivity index (χ2n) is 6.77. The fraction of sp³-hybridized carbons (Fsp3) is 0.632. The number of aryl methyl sites for hydroxylation is 1. The van der Waals surface area contributed by atoms with Gasteiger partial charge in [0.1, 0.15) is 5.75 Å². The molecule has 1 aromatic carbocycles. The Morgan fingerprint density at radius 3 is 2.35 bits per heavy atom. The third kappa shape index (κ3) is 5.87. The number of benzene rings is 1. The second kappa shape index (κ2) is 8.92. The molecule has 0 N–H and O–H groups in total. The quantitative estimate of drug-likeness (QED) is 0.775. The third-order valence-electron chi connectivity index (χ3n) is 4.41. The first-order valence-electron chi connectivity index (χ1n) is 8.71. The van der Waals surface area contributed by atoms with E-state index in [-0.39, 0.29) is 0 Å². The third-order valence-corrected chi connectivity index (χ3v) is 4.41. The summed E-state index contributed by atoms with van der Waals surface area (Å²) in [7, 11) is 1.69. The first-order chi connectivity index (χ1) is 11.1. The van der Waals surface area contributed by atoms with E-state index >= 15 is 0 Å². The molecule has 1 aromatic rings. The van der Waals surface area contributed by atoms with Crippen LogP contribution < -0.4 is 4.74 Å². The van der Waals surface area contributed by atoms with Gasteiger partial charge in [-0.3, -0.25) is 9.69 Å². The van der Waals surface area contributed by atoms with Crippen molar-refractivity contribution in [3.05, 3.63) is 29.8 Å². The van der Waals surface area contributed by atoms with Crippen LogP contribution in [-0.4, -0.2) is 55.5 Å². The summed E-state index contributed by atoms with van der Waals surface area (Å²) in [5.74, 6) is 1.68. The van der Waals surface area contributed by atoms with E-state index in [1.165, 1.54) is 5.56 Å². The summed E-state index contributed by atoms with van der Waals surface area (Å²) in [6, 6.07) is 8.32. The monoisotopic (exact) mass is 318 g/mol. The summed E-state index contributed by atoms with van der Waals surface area (Å²) in [6.45, 7) is 9.10. The number of rotatable bonds is 7. The van der Waals surface area contributed by atoms with Crippen molar-refractivity contribution in [1.82, 2.24) is 9.80 Å². The molecule has 1 saturated heterocycles. The van der Waals surface area contributed by atoms with Crippen LogP contribution in [0.2, 0.25) is 0 Å². The number of hydrogen-bond donors (Lipinski definition) is 0. The van der Waals surface area contributed by atoms with E-state index in [9.17, 15) is 4.79 Å². The predicted octanol–water partition coefficient (Wildman–Crippen LogP) is 2.82. The smallest absolute Gasteiger partial charge is 0.222 e. The van der Waals surface area contributed by atoms with E-state index < -0.39 is 0 Å². The van der Waals surface area contributed by atoms with Crippen LogP contribution in [0.5, 0.6) is 5.75 Å². The molecule has 0 radical (unpaired) electrons. The molecule has 0 bridgehead atoms. The number of amides is 1. The van der Waals surface area contributed by atoms with Crippen LogP contribution in [-0.2, 0) is 11.2 Å². The Labute approximate surface area is 140 Å². The Morgan fingerprint density at radius 1 is 1.13 bits per heavy atom. The number of methoxy groups -OCH3 is 1. The SMILES string of the molecule is COc1ccc(CCCN2CCN(C(=O)CC(C)C)CC2)cc1. The highest BCUT2D eigenvalue weighted by Gasteiger charge is 2.20. The molecule has 0 aliphatic carbocycles. The van der Waals surface area contributed by atoms with Crippen molar-refractivity contribution < 1.29 is 9.53 Å². The number of carbonyl (C=O) groups is 1. The number of nitrogens with zero attached hydrogens (tertiary/aromatic N) is 2. The summed E-state index contributed by atoms with van der Waals surface area (Å²) in [4.78, 5) is 16.6. The van der Waals surface area contributed by atoms with E-state index in [4.69, 9.17) is 4.74 Å². The van der Waals surface area contributed by atoms with Crippen molar-refractivity contribution in [3.8, 4) is 5.75 Å². The molecule has 23 heavy (non-hydrogen) atoms. The van der Waals surface area contributed by atoms with Crippen LogP contribution in [0.1, 0.15) is 32.3 Å². The van der Waals surface area contributed by atoms with Gasteiger partial charge in [0.25, 0.3) is 0 Å². The van der Waals surface area contributed by atoms with Crippen LogP contribution in [0.3, 0.4) is 0 Å². The Kier molecular flexibility index (Phi) is 6.90. The average Bonchev–Trinajstić information content (AvgIpc) is 2.55. The molecule has 4 heteroatoms. The number of piperazine rings is 1. The van der Waals surface area contributed by atoms with E-state index in [1.54, 1.807) is 7.11 Å². The molecule has 0 unspecified atom stereocenters. The first-order valence-corrected chi connectivity index (χ1v) is 8.71. The van der Waals surface area contributed by atoms with Crippen molar-refractivity contribution >= 4 is 5.91 Å². The summed E-state index contributed by atoms with van der Waals surface area (Å²) in [6.07, 6.45) is 2.93. The lowest BCUT2D eigenvalue weighted by molar-refractivity contribution is -0.133. The number of carbonyl (C=O) groups excluding carboxylic acids is 1. The molecule has 1 heterocycles. The van der Waals surface area contributed by atoms with Crippen LogP contribution in [0.4, 0.5) is 0 Å². The van der Waals surface area contributed by atoms with Gasteiger partial charge in [0.05, 0.1) is 7.11 Å². The maximum Gasteiger partial charge on any atom is 0.222 e. The Morgan fingerprint density at radius 2 is 1.78 bits per heavy atom. The molecule has 4 nitrogen and oxygen atoms in total. The van der Waals surface area contributed by atoms with Gasteiger partial charge in [-0.25, -0.2) is 0 Å².